The molecule has 5 N–H and O–H groups in total. The normalized spacial score (nSPS) is 11.4. The first-order valence-corrected chi connectivity index (χ1v) is 8.15. The van der Waals surface area contributed by atoms with Crippen LogP contribution in [0, 0.1) is 11.6 Å². The Morgan fingerprint density at radius 2 is 2.04 bits per heavy atom. The van der Waals surface area contributed by atoms with Crippen LogP contribution in [0.1, 0.15) is 18.9 Å². The zero-order valence-corrected chi connectivity index (χ0v) is 13.9. The van der Waals surface area contributed by atoms with E-state index in [1.54, 1.807) is 0 Å². The van der Waals surface area contributed by atoms with Crippen LogP contribution >= 0.6 is 11.9 Å². The highest BCUT2D eigenvalue weighted by Gasteiger charge is 2.17. The fourth-order valence-corrected chi connectivity index (χ4v) is 2.44. The van der Waals surface area contributed by atoms with E-state index in [0.29, 0.717) is 5.56 Å². The largest absolute Gasteiger partial charge is 0.397 e. The van der Waals surface area contributed by atoms with Crippen LogP contribution in [0.15, 0.2) is 37.1 Å². The molecule has 24 heavy (non-hydrogen) atoms. The average Bonchev–Trinajstić information content (AvgIpc) is 2.58. The summed E-state index contributed by atoms with van der Waals surface area (Å²) in [6.45, 7) is 2.00. The number of hydrogen-bond donors (Lipinski definition) is 3. The number of nitrogens with two attached hydrogens (primary N) is 2. The molecule has 9 heteroatoms. The highest BCUT2D eigenvalue weighted by Crippen LogP contribution is 2.30. The van der Waals surface area contributed by atoms with E-state index in [4.69, 9.17) is 11.6 Å². The lowest BCUT2D eigenvalue weighted by molar-refractivity contribution is 0.584. The molecule has 0 saturated heterocycles. The summed E-state index contributed by atoms with van der Waals surface area (Å²) in [5, 5.41) is 0.808. The minimum Gasteiger partial charge on any atom is -0.397 e. The summed E-state index contributed by atoms with van der Waals surface area (Å²) in [5.41, 5.74) is 6.27. The van der Waals surface area contributed by atoms with Gasteiger partial charge in [0.15, 0.2) is 11.6 Å². The molecule has 2 aromatic rings. The van der Waals surface area contributed by atoms with Crippen LogP contribution in [0.2, 0.25) is 0 Å². The van der Waals surface area contributed by atoms with Crippen LogP contribution < -0.4 is 21.3 Å². The first-order valence-electron chi connectivity index (χ1n) is 7.17. The van der Waals surface area contributed by atoms with Gasteiger partial charge in [0.25, 0.3) is 0 Å². The van der Waals surface area contributed by atoms with E-state index >= 15 is 0 Å². The fraction of sp³-hybridized carbons (Fsp3) is 0.200. The van der Waals surface area contributed by atoms with Crippen LogP contribution in [0.25, 0.3) is 5.70 Å². The van der Waals surface area contributed by atoms with Crippen molar-refractivity contribution in [3.8, 4) is 0 Å². The third-order valence-electron chi connectivity index (χ3n) is 2.99. The lowest BCUT2D eigenvalue weighted by Crippen LogP contribution is -2.28. The van der Waals surface area contributed by atoms with Gasteiger partial charge >= 0.3 is 0 Å². The number of anilines is 2. The maximum absolute atomic E-state index is 14.5. The van der Waals surface area contributed by atoms with E-state index in [2.05, 4.69) is 14.7 Å². The summed E-state index contributed by atoms with van der Waals surface area (Å²) in [6, 6.07) is 2.46. The van der Waals surface area contributed by atoms with E-state index in [-0.39, 0.29) is 11.4 Å². The Bertz CT molecular complexity index is 711. The van der Waals surface area contributed by atoms with Crippen molar-refractivity contribution < 1.29 is 8.78 Å². The third-order valence-corrected chi connectivity index (χ3v) is 3.96. The van der Waals surface area contributed by atoms with Crippen molar-refractivity contribution in [2.45, 2.75) is 13.3 Å². The number of nitrogens with zero attached hydrogens (tertiary/aromatic N) is 3. The molecular weight excluding hydrogens is 334 g/mol. The van der Waals surface area contributed by atoms with Gasteiger partial charge in [-0.1, -0.05) is 18.9 Å². The molecule has 0 bridgehead atoms. The average molecular weight is 352 g/mol. The minimum absolute atomic E-state index is 0.148. The topological polar surface area (TPSA) is 93.1 Å². The summed E-state index contributed by atoms with van der Waals surface area (Å²) in [4.78, 5) is 7.65. The summed E-state index contributed by atoms with van der Waals surface area (Å²) < 4.78 is 31.4. The molecule has 0 amide bonds. The Morgan fingerprint density at radius 1 is 1.33 bits per heavy atom. The summed E-state index contributed by atoms with van der Waals surface area (Å²) in [5.74, 6) is 4.98. The highest BCUT2D eigenvalue weighted by molar-refractivity contribution is 8.00. The first kappa shape index (κ1) is 18.0. The molecule has 1 aromatic carbocycles. The lowest BCUT2D eigenvalue weighted by atomic mass is 10.2. The monoisotopic (exact) mass is 352 g/mol. The smallest absolute Gasteiger partial charge is 0.175 e. The standard InChI is InChI=1S/C15H18F2N6S/c1-2-5-24-22-13-4-3-11(16)15(14(13)17)23(19)8-12(18)10-6-20-9-21-7-10/h3-4,6-9,22H,2,5,18-19H2,1H3/b12-8-. The van der Waals surface area contributed by atoms with Crippen LogP contribution in [-0.4, -0.2) is 15.7 Å². The second-order valence-corrected chi connectivity index (χ2v) is 5.73. The van der Waals surface area contributed by atoms with Crippen LogP contribution in [0.3, 0.4) is 0 Å². The molecule has 1 heterocycles. The molecule has 1 aromatic heterocycles. The molecule has 6 nitrogen and oxygen atoms in total. The zero-order chi connectivity index (χ0) is 17.5. The fourth-order valence-electron chi connectivity index (χ4n) is 1.82. The molecule has 0 spiro atoms. The van der Waals surface area contributed by atoms with E-state index in [9.17, 15) is 8.78 Å². The summed E-state index contributed by atoms with van der Waals surface area (Å²) in [7, 11) is 0. The maximum Gasteiger partial charge on any atom is 0.175 e. The van der Waals surface area contributed by atoms with Gasteiger partial charge in [-0.3, -0.25) is 5.01 Å². The predicted octanol–water partition coefficient (Wildman–Crippen LogP) is 2.86. The number of hydrazine groups is 1. The van der Waals surface area contributed by atoms with Crippen LogP contribution in [0.5, 0.6) is 0 Å². The first-order chi connectivity index (χ1) is 11.5. The number of aromatic nitrogens is 2. The van der Waals surface area contributed by atoms with E-state index in [1.165, 1.54) is 42.9 Å². The Hall–Kier alpha value is -2.39. The van der Waals surface area contributed by atoms with E-state index in [0.717, 1.165) is 23.2 Å². The molecule has 0 saturated carbocycles. The van der Waals surface area contributed by atoms with Gasteiger partial charge in [-0.05, 0) is 18.6 Å². The van der Waals surface area contributed by atoms with Crippen molar-refractivity contribution in [2.24, 2.45) is 11.6 Å². The SMILES string of the molecule is CCCSNc1ccc(F)c(N(N)/C=C(\N)c2cncnc2)c1F. The van der Waals surface area contributed by atoms with Gasteiger partial charge < -0.3 is 10.5 Å². The Balaban J connectivity index is 2.28. The van der Waals surface area contributed by atoms with Crippen molar-refractivity contribution in [3.05, 3.63) is 54.3 Å². The van der Waals surface area contributed by atoms with Crippen LogP contribution in [0.4, 0.5) is 20.2 Å². The quantitative estimate of drug-likeness (QED) is 0.305. The van der Waals surface area contributed by atoms with Crippen molar-refractivity contribution >= 4 is 29.0 Å². The van der Waals surface area contributed by atoms with E-state index in [1.807, 2.05) is 6.92 Å². The van der Waals surface area contributed by atoms with Gasteiger partial charge in [-0.15, -0.1) is 0 Å². The molecule has 0 unspecified atom stereocenters. The van der Waals surface area contributed by atoms with Gasteiger partial charge in [-0.25, -0.2) is 24.6 Å². The molecule has 2 rings (SSSR count). The van der Waals surface area contributed by atoms with Crippen molar-refractivity contribution in [1.82, 2.24) is 9.97 Å². The maximum atomic E-state index is 14.5. The lowest BCUT2D eigenvalue weighted by Gasteiger charge is -2.18. The Morgan fingerprint density at radius 3 is 2.71 bits per heavy atom. The Kier molecular flexibility index (Phi) is 6.33. The van der Waals surface area contributed by atoms with Gasteiger partial charge in [0.2, 0.25) is 0 Å². The predicted molar refractivity (Wildman–Crippen MR) is 93.6 cm³/mol. The van der Waals surface area contributed by atoms with E-state index < -0.39 is 17.3 Å². The van der Waals surface area contributed by atoms with Crippen molar-refractivity contribution in [2.75, 3.05) is 15.5 Å². The van der Waals surface area contributed by atoms with Gasteiger partial charge in [0.05, 0.1) is 11.4 Å². The summed E-state index contributed by atoms with van der Waals surface area (Å²) >= 11 is 1.33. The molecule has 128 valence electrons. The second-order valence-electron chi connectivity index (χ2n) is 4.83. The third kappa shape index (κ3) is 4.33. The van der Waals surface area contributed by atoms with Crippen LogP contribution in [-0.2, 0) is 0 Å². The number of halogens is 2. The molecule has 0 radical (unpaired) electrons. The molecule has 0 aliphatic rings. The Labute approximate surface area is 143 Å². The van der Waals surface area contributed by atoms with Crippen molar-refractivity contribution in [1.29, 1.82) is 0 Å². The molecule has 0 fully saturated rings. The zero-order valence-electron chi connectivity index (χ0n) is 13.0. The van der Waals surface area contributed by atoms with Gasteiger partial charge in [-0.2, -0.15) is 0 Å². The molecule has 0 aliphatic heterocycles. The minimum atomic E-state index is -0.797. The highest BCUT2D eigenvalue weighted by atomic mass is 32.2. The molecular formula is C15H18F2N6S. The number of benzene rings is 1. The second kappa shape index (κ2) is 8.46. The van der Waals surface area contributed by atoms with Crippen molar-refractivity contribution in [3.63, 3.8) is 0 Å². The molecule has 0 atom stereocenters. The number of nitrogens with one attached hydrogen (secondary N) is 1. The number of hydrogen-bond acceptors (Lipinski definition) is 7. The molecule has 0 aliphatic carbocycles. The number of rotatable bonds is 7. The summed E-state index contributed by atoms with van der Waals surface area (Å²) in [6.07, 6.45) is 6.43. The van der Waals surface area contributed by atoms with Gasteiger partial charge in [0.1, 0.15) is 12.0 Å². The van der Waals surface area contributed by atoms with Gasteiger partial charge in [0, 0.05) is 29.9 Å².